The average molecular weight is 372 g/mol. The van der Waals surface area contributed by atoms with Crippen LogP contribution in [0.15, 0.2) is 29.6 Å². The molecule has 1 saturated carbocycles. The SMILES string of the molecule is COc1cccc(-c2nc(CN3CCN(C4CCCCC4)CC3)cs2)c1. The molecule has 0 unspecified atom stereocenters. The van der Waals surface area contributed by atoms with Crippen molar-refractivity contribution in [3.8, 4) is 16.3 Å². The van der Waals surface area contributed by atoms with E-state index in [0.717, 1.165) is 28.9 Å². The molecule has 26 heavy (non-hydrogen) atoms. The fourth-order valence-corrected chi connectivity index (χ4v) is 5.04. The number of aromatic nitrogens is 1. The van der Waals surface area contributed by atoms with Crippen LogP contribution >= 0.6 is 11.3 Å². The molecule has 4 nitrogen and oxygen atoms in total. The van der Waals surface area contributed by atoms with Gasteiger partial charge < -0.3 is 4.74 Å². The van der Waals surface area contributed by atoms with E-state index in [-0.39, 0.29) is 0 Å². The zero-order valence-electron chi connectivity index (χ0n) is 15.7. The van der Waals surface area contributed by atoms with Crippen molar-refractivity contribution in [2.45, 2.75) is 44.7 Å². The fourth-order valence-electron chi connectivity index (χ4n) is 4.23. The van der Waals surface area contributed by atoms with Gasteiger partial charge in [0, 0.05) is 49.7 Å². The Hall–Kier alpha value is -1.43. The lowest BCUT2D eigenvalue weighted by molar-refractivity contribution is 0.0750. The number of hydrogen-bond donors (Lipinski definition) is 0. The van der Waals surface area contributed by atoms with E-state index in [0.29, 0.717) is 0 Å². The Bertz CT molecular complexity index is 703. The molecule has 2 aromatic rings. The van der Waals surface area contributed by atoms with E-state index in [1.54, 1.807) is 18.4 Å². The highest BCUT2D eigenvalue weighted by Crippen LogP contribution is 2.28. The summed E-state index contributed by atoms with van der Waals surface area (Å²) in [6, 6.07) is 9.02. The van der Waals surface area contributed by atoms with Crippen LogP contribution in [0.4, 0.5) is 0 Å². The number of methoxy groups -OCH3 is 1. The van der Waals surface area contributed by atoms with Gasteiger partial charge in [0.15, 0.2) is 0 Å². The lowest BCUT2D eigenvalue weighted by Crippen LogP contribution is -2.50. The lowest BCUT2D eigenvalue weighted by atomic mass is 9.94. The predicted octanol–water partition coefficient (Wildman–Crippen LogP) is 4.27. The Morgan fingerprint density at radius 1 is 1.12 bits per heavy atom. The average Bonchev–Trinajstić information content (AvgIpc) is 3.18. The molecule has 0 atom stereocenters. The van der Waals surface area contributed by atoms with Crippen LogP contribution in [0.1, 0.15) is 37.8 Å². The molecule has 2 aliphatic rings. The van der Waals surface area contributed by atoms with Gasteiger partial charge in [-0.2, -0.15) is 0 Å². The van der Waals surface area contributed by atoms with Gasteiger partial charge in [-0.15, -0.1) is 11.3 Å². The molecule has 2 heterocycles. The topological polar surface area (TPSA) is 28.6 Å². The van der Waals surface area contributed by atoms with E-state index >= 15 is 0 Å². The van der Waals surface area contributed by atoms with Gasteiger partial charge in [0.1, 0.15) is 10.8 Å². The first-order valence-corrected chi connectivity index (χ1v) is 10.7. The number of piperazine rings is 1. The molecule has 5 heteroatoms. The zero-order chi connectivity index (χ0) is 17.8. The maximum Gasteiger partial charge on any atom is 0.123 e. The highest BCUT2D eigenvalue weighted by atomic mass is 32.1. The zero-order valence-corrected chi connectivity index (χ0v) is 16.5. The molecule has 1 aromatic heterocycles. The second-order valence-corrected chi connectivity index (χ2v) is 8.34. The number of ether oxygens (including phenoxy) is 1. The first-order chi connectivity index (χ1) is 12.8. The third-order valence-electron chi connectivity index (χ3n) is 5.75. The van der Waals surface area contributed by atoms with Crippen LogP contribution in [0, 0.1) is 0 Å². The van der Waals surface area contributed by atoms with Crippen LogP contribution in [0.5, 0.6) is 5.75 Å². The maximum atomic E-state index is 5.33. The molecule has 0 spiro atoms. The third-order valence-corrected chi connectivity index (χ3v) is 6.69. The van der Waals surface area contributed by atoms with Crippen molar-refractivity contribution in [3.05, 3.63) is 35.3 Å². The van der Waals surface area contributed by atoms with Crippen LogP contribution in [-0.2, 0) is 6.54 Å². The molecular formula is C21H29N3OS. The number of rotatable bonds is 5. The Kier molecular flexibility index (Phi) is 5.88. The van der Waals surface area contributed by atoms with Gasteiger partial charge in [0.2, 0.25) is 0 Å². The van der Waals surface area contributed by atoms with Gasteiger partial charge in [-0.25, -0.2) is 4.98 Å². The van der Waals surface area contributed by atoms with Crippen LogP contribution in [-0.4, -0.2) is 54.1 Å². The molecule has 1 aromatic carbocycles. The summed E-state index contributed by atoms with van der Waals surface area (Å²) in [5.41, 5.74) is 2.33. The van der Waals surface area contributed by atoms with Crippen LogP contribution in [0.25, 0.3) is 10.6 Å². The second-order valence-electron chi connectivity index (χ2n) is 7.48. The quantitative estimate of drug-likeness (QED) is 0.785. The van der Waals surface area contributed by atoms with Crippen molar-refractivity contribution in [1.29, 1.82) is 0 Å². The largest absolute Gasteiger partial charge is 0.497 e. The van der Waals surface area contributed by atoms with Gasteiger partial charge in [-0.1, -0.05) is 31.4 Å². The molecule has 0 amide bonds. The summed E-state index contributed by atoms with van der Waals surface area (Å²) in [5.74, 6) is 0.887. The molecular weight excluding hydrogens is 342 g/mol. The van der Waals surface area contributed by atoms with Crippen LogP contribution < -0.4 is 4.74 Å². The molecule has 2 fully saturated rings. The smallest absolute Gasteiger partial charge is 0.123 e. The monoisotopic (exact) mass is 371 g/mol. The second kappa shape index (κ2) is 8.51. The molecule has 4 rings (SSSR count). The van der Waals surface area contributed by atoms with Crippen molar-refractivity contribution in [2.75, 3.05) is 33.3 Å². The Morgan fingerprint density at radius 2 is 1.92 bits per heavy atom. The minimum atomic E-state index is 0.852. The van der Waals surface area contributed by atoms with Crippen molar-refractivity contribution in [3.63, 3.8) is 0 Å². The van der Waals surface area contributed by atoms with Crippen molar-refractivity contribution >= 4 is 11.3 Å². The van der Waals surface area contributed by atoms with Crippen molar-refractivity contribution in [2.24, 2.45) is 0 Å². The molecule has 0 radical (unpaired) electrons. The lowest BCUT2D eigenvalue weighted by Gasteiger charge is -2.40. The van der Waals surface area contributed by atoms with Gasteiger partial charge in [-0.05, 0) is 25.0 Å². The van der Waals surface area contributed by atoms with E-state index < -0.39 is 0 Å². The summed E-state index contributed by atoms with van der Waals surface area (Å²) in [6.45, 7) is 5.75. The van der Waals surface area contributed by atoms with Crippen LogP contribution in [0.2, 0.25) is 0 Å². The maximum absolute atomic E-state index is 5.33. The van der Waals surface area contributed by atoms with Crippen molar-refractivity contribution < 1.29 is 4.74 Å². The molecule has 140 valence electrons. The van der Waals surface area contributed by atoms with E-state index in [2.05, 4.69) is 27.3 Å². The van der Waals surface area contributed by atoms with Gasteiger partial charge in [-0.3, -0.25) is 9.80 Å². The fraction of sp³-hybridized carbons (Fsp3) is 0.571. The third kappa shape index (κ3) is 4.27. The van der Waals surface area contributed by atoms with Crippen molar-refractivity contribution in [1.82, 2.24) is 14.8 Å². The molecule has 1 aliphatic heterocycles. The first kappa shape index (κ1) is 18.0. The van der Waals surface area contributed by atoms with Gasteiger partial charge in [0.05, 0.1) is 12.8 Å². The van der Waals surface area contributed by atoms with E-state index in [9.17, 15) is 0 Å². The summed E-state index contributed by atoms with van der Waals surface area (Å²) in [4.78, 5) is 10.2. The predicted molar refractivity (Wildman–Crippen MR) is 108 cm³/mol. The number of thiazole rings is 1. The highest BCUT2D eigenvalue weighted by Gasteiger charge is 2.25. The first-order valence-electron chi connectivity index (χ1n) is 9.87. The standard InChI is InChI=1S/C21H29N3OS/c1-25-20-9-5-6-17(14-20)21-22-18(16-26-21)15-23-10-12-24(13-11-23)19-7-3-2-4-8-19/h5-6,9,14,16,19H,2-4,7-8,10-13,15H2,1H3. The number of hydrogen-bond acceptors (Lipinski definition) is 5. The Labute approximate surface area is 160 Å². The van der Waals surface area contributed by atoms with E-state index in [1.807, 2.05) is 12.1 Å². The van der Waals surface area contributed by atoms with E-state index in [1.165, 1.54) is 64.0 Å². The normalized spacial score (nSPS) is 20.3. The Balaban J connectivity index is 1.32. The molecule has 0 N–H and O–H groups in total. The van der Waals surface area contributed by atoms with E-state index in [4.69, 9.17) is 9.72 Å². The molecule has 1 saturated heterocycles. The van der Waals surface area contributed by atoms with Crippen LogP contribution in [0.3, 0.4) is 0 Å². The van der Waals surface area contributed by atoms with Gasteiger partial charge in [0.25, 0.3) is 0 Å². The minimum absolute atomic E-state index is 0.852. The Morgan fingerprint density at radius 3 is 2.69 bits per heavy atom. The number of benzene rings is 1. The molecule has 0 bridgehead atoms. The summed E-state index contributed by atoms with van der Waals surface area (Å²) >= 11 is 1.73. The summed E-state index contributed by atoms with van der Waals surface area (Å²) in [7, 11) is 1.71. The number of nitrogens with zero attached hydrogens (tertiary/aromatic N) is 3. The molecule has 1 aliphatic carbocycles. The minimum Gasteiger partial charge on any atom is -0.497 e. The highest BCUT2D eigenvalue weighted by molar-refractivity contribution is 7.13. The van der Waals surface area contributed by atoms with Gasteiger partial charge >= 0.3 is 0 Å². The summed E-state index contributed by atoms with van der Waals surface area (Å²) in [5, 5.41) is 3.29. The summed E-state index contributed by atoms with van der Waals surface area (Å²) < 4.78 is 5.33. The summed E-state index contributed by atoms with van der Waals surface area (Å²) in [6.07, 6.45) is 7.12.